The van der Waals surface area contributed by atoms with Gasteiger partial charge in [-0.05, 0) is 31.2 Å². The van der Waals surface area contributed by atoms with Crippen LogP contribution in [0.3, 0.4) is 0 Å². The van der Waals surface area contributed by atoms with Gasteiger partial charge in [0.05, 0.1) is 28.2 Å². The SMILES string of the molecule is Cc1c(C(=O)OCc2nnc(-c3ccccc3O)o2)cnn1-c1ccccc1Cl. The molecular formula is C20H15ClN4O4. The third-order valence-corrected chi connectivity index (χ3v) is 4.56. The number of aromatic nitrogens is 4. The van der Waals surface area contributed by atoms with Crippen LogP contribution in [0.2, 0.25) is 5.02 Å². The molecule has 29 heavy (non-hydrogen) atoms. The zero-order valence-corrected chi connectivity index (χ0v) is 16.0. The van der Waals surface area contributed by atoms with E-state index in [-0.39, 0.29) is 24.1 Å². The number of hydrogen-bond donors (Lipinski definition) is 1. The summed E-state index contributed by atoms with van der Waals surface area (Å²) in [5.74, 6) is -0.324. The third-order valence-electron chi connectivity index (χ3n) is 4.24. The van der Waals surface area contributed by atoms with E-state index in [1.54, 1.807) is 41.9 Å². The van der Waals surface area contributed by atoms with Gasteiger partial charge in [0.25, 0.3) is 11.8 Å². The van der Waals surface area contributed by atoms with E-state index in [0.717, 1.165) is 0 Å². The Kier molecular flexibility index (Phi) is 5.01. The second-order valence-corrected chi connectivity index (χ2v) is 6.51. The topological polar surface area (TPSA) is 103 Å². The number of esters is 1. The van der Waals surface area contributed by atoms with Gasteiger partial charge in [0, 0.05) is 0 Å². The molecule has 0 saturated heterocycles. The van der Waals surface area contributed by atoms with Crippen LogP contribution in [0.25, 0.3) is 17.1 Å². The first-order chi connectivity index (χ1) is 14.0. The van der Waals surface area contributed by atoms with Gasteiger partial charge in [-0.15, -0.1) is 10.2 Å². The number of benzene rings is 2. The molecule has 0 atom stereocenters. The molecule has 8 nitrogen and oxygen atoms in total. The Bertz CT molecular complexity index is 1180. The second-order valence-electron chi connectivity index (χ2n) is 6.10. The fourth-order valence-corrected chi connectivity index (χ4v) is 2.97. The number of para-hydroxylation sites is 2. The van der Waals surface area contributed by atoms with Crippen LogP contribution < -0.4 is 0 Å². The van der Waals surface area contributed by atoms with Crippen molar-refractivity contribution in [1.82, 2.24) is 20.0 Å². The molecule has 0 saturated carbocycles. The summed E-state index contributed by atoms with van der Waals surface area (Å²) >= 11 is 6.20. The van der Waals surface area contributed by atoms with E-state index >= 15 is 0 Å². The van der Waals surface area contributed by atoms with Crippen LogP contribution in [0, 0.1) is 6.92 Å². The zero-order chi connectivity index (χ0) is 20.4. The fraction of sp³-hybridized carbons (Fsp3) is 0.100. The van der Waals surface area contributed by atoms with Crippen molar-refractivity contribution in [2.45, 2.75) is 13.5 Å². The maximum atomic E-state index is 12.5. The van der Waals surface area contributed by atoms with Crippen LogP contribution >= 0.6 is 11.6 Å². The van der Waals surface area contributed by atoms with Crippen molar-refractivity contribution < 1.29 is 19.1 Å². The first kappa shape index (κ1) is 18.7. The number of rotatable bonds is 5. The maximum Gasteiger partial charge on any atom is 0.342 e. The van der Waals surface area contributed by atoms with E-state index in [9.17, 15) is 9.90 Å². The highest BCUT2D eigenvalue weighted by Crippen LogP contribution is 2.27. The minimum Gasteiger partial charge on any atom is -0.507 e. The molecule has 0 aliphatic heterocycles. The average molecular weight is 411 g/mol. The Hall–Kier alpha value is -3.65. The van der Waals surface area contributed by atoms with Crippen LogP contribution in [0.4, 0.5) is 0 Å². The predicted octanol–water partition coefficient (Wildman–Crippen LogP) is 3.95. The first-order valence-corrected chi connectivity index (χ1v) is 9.00. The molecule has 0 aliphatic rings. The van der Waals surface area contributed by atoms with E-state index in [4.69, 9.17) is 20.8 Å². The number of nitrogens with zero attached hydrogens (tertiary/aromatic N) is 4. The van der Waals surface area contributed by atoms with E-state index < -0.39 is 5.97 Å². The van der Waals surface area contributed by atoms with E-state index in [2.05, 4.69) is 15.3 Å². The molecule has 2 heterocycles. The van der Waals surface area contributed by atoms with Gasteiger partial charge in [0.2, 0.25) is 0 Å². The largest absolute Gasteiger partial charge is 0.507 e. The lowest BCUT2D eigenvalue weighted by Crippen LogP contribution is -2.07. The standard InChI is InChI=1S/C20H15ClN4O4/c1-12-14(10-22-25(12)16-8-4-3-7-15(16)21)20(27)28-11-18-23-24-19(29-18)13-6-2-5-9-17(13)26/h2-10,26H,11H2,1H3. The molecule has 2 aromatic carbocycles. The summed E-state index contributed by atoms with van der Waals surface area (Å²) in [6.45, 7) is 1.53. The quantitative estimate of drug-likeness (QED) is 0.497. The lowest BCUT2D eigenvalue weighted by molar-refractivity contribution is 0.0437. The predicted molar refractivity (Wildman–Crippen MR) is 104 cm³/mol. The Morgan fingerprint density at radius 2 is 1.93 bits per heavy atom. The summed E-state index contributed by atoms with van der Waals surface area (Å²) in [7, 11) is 0. The minimum atomic E-state index is -0.580. The average Bonchev–Trinajstić information content (AvgIpc) is 3.34. The van der Waals surface area contributed by atoms with Crippen molar-refractivity contribution in [2.24, 2.45) is 0 Å². The highest BCUT2D eigenvalue weighted by molar-refractivity contribution is 6.32. The summed E-state index contributed by atoms with van der Waals surface area (Å²) in [6, 6.07) is 13.8. The first-order valence-electron chi connectivity index (χ1n) is 8.62. The van der Waals surface area contributed by atoms with Crippen molar-refractivity contribution in [2.75, 3.05) is 0 Å². The van der Waals surface area contributed by atoms with Gasteiger partial charge in [0.1, 0.15) is 11.3 Å². The lowest BCUT2D eigenvalue weighted by Gasteiger charge is -2.07. The molecular weight excluding hydrogens is 396 g/mol. The van der Waals surface area contributed by atoms with Crippen LogP contribution in [-0.4, -0.2) is 31.1 Å². The summed E-state index contributed by atoms with van der Waals surface area (Å²) in [5, 5.41) is 22.3. The molecule has 146 valence electrons. The molecule has 0 aliphatic carbocycles. The van der Waals surface area contributed by atoms with Gasteiger partial charge in [-0.25, -0.2) is 9.48 Å². The normalized spacial score (nSPS) is 10.8. The highest BCUT2D eigenvalue weighted by Gasteiger charge is 2.19. The third kappa shape index (κ3) is 3.70. The maximum absolute atomic E-state index is 12.5. The van der Waals surface area contributed by atoms with E-state index in [1.807, 2.05) is 12.1 Å². The van der Waals surface area contributed by atoms with Gasteiger partial charge in [-0.2, -0.15) is 5.10 Å². The summed E-state index contributed by atoms with van der Waals surface area (Å²) < 4.78 is 12.3. The number of carbonyl (C=O) groups excluding carboxylic acids is 1. The number of hydrogen-bond acceptors (Lipinski definition) is 7. The number of aromatic hydroxyl groups is 1. The molecule has 0 spiro atoms. The summed E-state index contributed by atoms with van der Waals surface area (Å²) in [4.78, 5) is 12.5. The lowest BCUT2D eigenvalue weighted by atomic mass is 10.2. The van der Waals surface area contributed by atoms with Gasteiger partial charge >= 0.3 is 5.97 Å². The summed E-state index contributed by atoms with van der Waals surface area (Å²) in [6.07, 6.45) is 1.42. The van der Waals surface area contributed by atoms with Crippen molar-refractivity contribution >= 4 is 17.6 Å². The Balaban J connectivity index is 1.48. The molecule has 0 unspecified atom stereocenters. The zero-order valence-electron chi connectivity index (χ0n) is 15.2. The Morgan fingerprint density at radius 3 is 2.72 bits per heavy atom. The van der Waals surface area contributed by atoms with Crippen molar-refractivity contribution in [3.05, 3.63) is 76.9 Å². The second kappa shape index (κ2) is 7.76. The molecule has 0 amide bonds. The van der Waals surface area contributed by atoms with Gasteiger partial charge in [-0.1, -0.05) is 35.9 Å². The molecule has 9 heteroatoms. The molecule has 4 aromatic rings. The van der Waals surface area contributed by atoms with Crippen molar-refractivity contribution in [3.63, 3.8) is 0 Å². The van der Waals surface area contributed by atoms with Crippen LogP contribution in [-0.2, 0) is 11.3 Å². The minimum absolute atomic E-state index is 0.0160. The number of halogens is 1. The monoisotopic (exact) mass is 410 g/mol. The van der Waals surface area contributed by atoms with E-state index in [0.29, 0.717) is 27.5 Å². The number of phenols is 1. The van der Waals surface area contributed by atoms with Gasteiger partial charge < -0.3 is 14.3 Å². The van der Waals surface area contributed by atoms with E-state index in [1.165, 1.54) is 12.3 Å². The molecule has 1 N–H and O–H groups in total. The van der Waals surface area contributed by atoms with Crippen LogP contribution in [0.15, 0.2) is 59.1 Å². The molecule has 0 fully saturated rings. The highest BCUT2D eigenvalue weighted by atomic mass is 35.5. The van der Waals surface area contributed by atoms with Gasteiger partial charge in [0.15, 0.2) is 6.61 Å². The molecule has 2 aromatic heterocycles. The molecule has 4 rings (SSSR count). The van der Waals surface area contributed by atoms with Gasteiger partial charge in [-0.3, -0.25) is 0 Å². The van der Waals surface area contributed by atoms with Crippen molar-refractivity contribution in [1.29, 1.82) is 0 Å². The number of phenolic OH excluding ortho intramolecular Hbond substituents is 1. The van der Waals surface area contributed by atoms with Crippen molar-refractivity contribution in [3.8, 4) is 22.9 Å². The molecule has 0 bridgehead atoms. The summed E-state index contributed by atoms with van der Waals surface area (Å²) in [5.41, 5.74) is 1.94. The smallest absolute Gasteiger partial charge is 0.342 e. The van der Waals surface area contributed by atoms with Crippen LogP contribution in [0.1, 0.15) is 21.9 Å². The molecule has 0 radical (unpaired) electrons. The fourth-order valence-electron chi connectivity index (χ4n) is 2.76. The Labute approximate surface area is 170 Å². The van der Waals surface area contributed by atoms with Crippen LogP contribution in [0.5, 0.6) is 5.75 Å². The number of carbonyl (C=O) groups is 1. The number of ether oxygens (including phenoxy) is 1. The Morgan fingerprint density at radius 1 is 1.17 bits per heavy atom.